The highest BCUT2D eigenvalue weighted by Crippen LogP contribution is 2.46. The zero-order valence-corrected chi connectivity index (χ0v) is 33.0. The molecule has 0 saturated carbocycles. The Balaban J connectivity index is 1.40. The summed E-state index contributed by atoms with van der Waals surface area (Å²) in [7, 11) is -1.66. The predicted molar refractivity (Wildman–Crippen MR) is 214 cm³/mol. The van der Waals surface area contributed by atoms with Crippen LogP contribution in [0.25, 0.3) is 44.6 Å². The molecule has 2 aliphatic rings. The Bertz CT molecular complexity index is 2370. The highest BCUT2D eigenvalue weighted by molar-refractivity contribution is 6.89. The number of pyridine rings is 3. The topological polar surface area (TPSA) is 33.8 Å². The summed E-state index contributed by atoms with van der Waals surface area (Å²) in [6.07, 6.45) is 7.94. The fourth-order valence-corrected chi connectivity index (χ4v) is 10.8. The van der Waals surface area contributed by atoms with Gasteiger partial charge in [0.25, 0.3) is 0 Å². The lowest BCUT2D eigenvalue weighted by Crippen LogP contribution is -2.55. The van der Waals surface area contributed by atoms with E-state index in [9.17, 15) is 0 Å². The monoisotopic (exact) mass is 691 g/mol. The van der Waals surface area contributed by atoms with Gasteiger partial charge in [0.2, 0.25) is 17.1 Å². The van der Waals surface area contributed by atoms with Crippen molar-refractivity contribution in [3.05, 3.63) is 119 Å². The van der Waals surface area contributed by atoms with Gasteiger partial charge in [-0.1, -0.05) is 84.2 Å². The maximum Gasteiger partial charge on any atom is 0.227 e. The van der Waals surface area contributed by atoms with Crippen LogP contribution in [0.15, 0.2) is 89.6 Å². The summed E-state index contributed by atoms with van der Waals surface area (Å²) < 4.78 is 11.9. The van der Waals surface area contributed by atoms with E-state index >= 15 is 0 Å². The molecule has 0 amide bonds. The van der Waals surface area contributed by atoms with E-state index in [-0.39, 0.29) is 12.0 Å². The molecule has 5 heteroatoms. The molecular weight excluding hydrogens is 639 g/mol. The first-order valence-corrected chi connectivity index (χ1v) is 22.5. The molecule has 0 fully saturated rings. The Morgan fingerprint density at radius 3 is 2.43 bits per heavy atom. The lowest BCUT2D eigenvalue weighted by Gasteiger charge is -2.34. The highest BCUT2D eigenvalue weighted by Gasteiger charge is 2.45. The third kappa shape index (κ3) is 5.69. The van der Waals surface area contributed by atoms with Crippen LogP contribution in [0.1, 0.15) is 85.5 Å². The van der Waals surface area contributed by atoms with Crippen molar-refractivity contribution in [3.8, 4) is 22.5 Å². The SMILES string of the molecule is C=C1C[n+]2cc(C)c(CC(C)C)cc2-c2c(ccc3c2oc2nc(C)ccc23)CCC2c3ccccc3-c3cc(C(C)C)c([Si](C)(C)C)c[n+]3C12. The molecule has 6 heterocycles. The van der Waals surface area contributed by atoms with Crippen LogP contribution in [-0.2, 0) is 19.4 Å². The van der Waals surface area contributed by atoms with Crippen LogP contribution in [0, 0.1) is 19.8 Å². The number of fused-ring (bicyclic) bond motifs is 13. The minimum Gasteiger partial charge on any atom is -0.437 e. The standard InChI is InChI=1S/C46H53N3OSi/c1-27(2)21-33-22-41-43-32(17-20-37-38-18-15-31(7)47-46(38)50-45(37)43)16-19-36-34-13-11-12-14-35(34)40-23-39(28(3)4)42(51(8,9)10)26-49(40)44(36)30(6)25-48(41)24-29(33)5/h11-15,17-18,20,22-24,26-28,36,44H,6,16,19,21,25H2,1-5,7-10H3/q+2. The number of furan rings is 1. The van der Waals surface area contributed by atoms with Gasteiger partial charge >= 0.3 is 0 Å². The second-order valence-corrected chi connectivity index (χ2v) is 22.2. The Labute approximate surface area is 304 Å². The predicted octanol–water partition coefficient (Wildman–Crippen LogP) is 10.2. The molecule has 0 saturated heterocycles. The average molecular weight is 692 g/mol. The van der Waals surface area contributed by atoms with Crippen molar-refractivity contribution in [2.45, 2.75) is 105 Å². The van der Waals surface area contributed by atoms with Gasteiger partial charge in [0.05, 0.1) is 25.1 Å². The molecule has 4 aromatic heterocycles. The van der Waals surface area contributed by atoms with Crippen molar-refractivity contribution in [3.63, 3.8) is 0 Å². The fourth-order valence-electron chi connectivity index (χ4n) is 9.07. The van der Waals surface area contributed by atoms with Crippen molar-refractivity contribution < 1.29 is 13.6 Å². The summed E-state index contributed by atoms with van der Waals surface area (Å²) >= 11 is 0. The summed E-state index contributed by atoms with van der Waals surface area (Å²) in [6, 6.07) is 23.2. The molecular formula is C46H53N3OSi+2. The van der Waals surface area contributed by atoms with Gasteiger partial charge in [0.1, 0.15) is 0 Å². The number of rotatable bonds is 4. The van der Waals surface area contributed by atoms with Crippen molar-refractivity contribution in [2.24, 2.45) is 5.92 Å². The van der Waals surface area contributed by atoms with Gasteiger partial charge in [-0.2, -0.15) is 9.13 Å². The van der Waals surface area contributed by atoms with Gasteiger partial charge in [-0.25, -0.2) is 4.98 Å². The molecule has 6 aromatic rings. The number of aryl methyl sites for hydroxylation is 3. The summed E-state index contributed by atoms with van der Waals surface area (Å²) in [4.78, 5) is 4.83. The molecule has 0 N–H and O–H groups in total. The molecule has 51 heavy (non-hydrogen) atoms. The van der Waals surface area contributed by atoms with Crippen molar-refractivity contribution >= 4 is 35.3 Å². The summed E-state index contributed by atoms with van der Waals surface area (Å²) in [5.41, 5.74) is 16.0. The molecule has 2 aliphatic heterocycles. The van der Waals surface area contributed by atoms with E-state index in [2.05, 4.69) is 136 Å². The summed E-state index contributed by atoms with van der Waals surface area (Å²) in [5, 5.41) is 3.78. The Hall–Kier alpha value is -4.35. The summed E-state index contributed by atoms with van der Waals surface area (Å²) in [5.74, 6) is 1.31. The van der Waals surface area contributed by atoms with E-state index in [0.29, 0.717) is 17.5 Å². The lowest BCUT2D eigenvalue weighted by atomic mass is 9.76. The molecule has 2 aromatic carbocycles. The van der Waals surface area contributed by atoms with E-state index in [4.69, 9.17) is 16.0 Å². The Morgan fingerprint density at radius 1 is 0.922 bits per heavy atom. The van der Waals surface area contributed by atoms with Crippen LogP contribution < -0.4 is 14.3 Å². The molecule has 0 bridgehead atoms. The maximum absolute atomic E-state index is 6.77. The van der Waals surface area contributed by atoms with Gasteiger partial charge in [-0.05, 0) is 85.4 Å². The van der Waals surface area contributed by atoms with Crippen LogP contribution >= 0.6 is 0 Å². The number of allylic oxidation sites excluding steroid dienone is 1. The Kier molecular flexibility index (Phi) is 8.21. The third-order valence-corrected chi connectivity index (χ3v) is 13.5. The molecule has 4 nitrogen and oxygen atoms in total. The van der Waals surface area contributed by atoms with Gasteiger partial charge in [0, 0.05) is 44.9 Å². The highest BCUT2D eigenvalue weighted by atomic mass is 28.3. The normalized spacial score (nSPS) is 17.4. The van der Waals surface area contributed by atoms with Gasteiger partial charge in [-0.15, -0.1) is 0 Å². The van der Waals surface area contributed by atoms with E-state index in [1.54, 1.807) is 5.19 Å². The second-order valence-electron chi connectivity index (χ2n) is 17.2. The van der Waals surface area contributed by atoms with Gasteiger partial charge in [-0.3, -0.25) is 0 Å². The van der Waals surface area contributed by atoms with Crippen molar-refractivity contribution in [1.82, 2.24) is 4.98 Å². The molecule has 2 atom stereocenters. The first kappa shape index (κ1) is 33.8. The first-order chi connectivity index (χ1) is 24.3. The fraction of sp³-hybridized carbons (Fsp3) is 0.370. The van der Waals surface area contributed by atoms with Crippen LogP contribution in [0.4, 0.5) is 0 Å². The zero-order valence-electron chi connectivity index (χ0n) is 32.0. The number of hydrogen-bond donors (Lipinski definition) is 0. The quantitative estimate of drug-likeness (QED) is 0.105. The van der Waals surface area contributed by atoms with Crippen LogP contribution in [0.5, 0.6) is 0 Å². The van der Waals surface area contributed by atoms with Crippen molar-refractivity contribution in [2.75, 3.05) is 0 Å². The minimum atomic E-state index is -1.66. The number of aromatic nitrogens is 3. The third-order valence-electron chi connectivity index (χ3n) is 11.5. The number of nitrogens with zero attached hydrogens (tertiary/aromatic N) is 3. The van der Waals surface area contributed by atoms with E-state index in [1.807, 2.05) is 6.92 Å². The molecule has 260 valence electrons. The van der Waals surface area contributed by atoms with Crippen molar-refractivity contribution in [1.29, 1.82) is 0 Å². The largest absolute Gasteiger partial charge is 0.437 e. The lowest BCUT2D eigenvalue weighted by molar-refractivity contribution is -0.722. The van der Waals surface area contributed by atoms with Gasteiger partial charge < -0.3 is 4.42 Å². The molecule has 2 unspecified atom stereocenters. The van der Waals surface area contributed by atoms with E-state index < -0.39 is 8.07 Å². The van der Waals surface area contributed by atoms with E-state index in [0.717, 1.165) is 47.9 Å². The average Bonchev–Trinajstić information content (AvgIpc) is 3.44. The summed E-state index contributed by atoms with van der Waals surface area (Å²) in [6.45, 7) is 26.9. The minimum absolute atomic E-state index is 0.144. The van der Waals surface area contributed by atoms with Gasteiger partial charge in [0.15, 0.2) is 30.6 Å². The van der Waals surface area contributed by atoms with Crippen LogP contribution in [0.3, 0.4) is 0 Å². The smallest absolute Gasteiger partial charge is 0.227 e. The number of benzene rings is 2. The second kappa shape index (κ2) is 12.4. The Morgan fingerprint density at radius 2 is 1.69 bits per heavy atom. The van der Waals surface area contributed by atoms with E-state index in [1.165, 1.54) is 55.9 Å². The maximum atomic E-state index is 6.77. The molecule has 8 rings (SSSR count). The first-order valence-electron chi connectivity index (χ1n) is 19.0. The molecule has 0 aliphatic carbocycles. The number of hydrogen-bond acceptors (Lipinski definition) is 2. The van der Waals surface area contributed by atoms with Crippen LogP contribution in [-0.4, -0.2) is 13.1 Å². The molecule has 0 radical (unpaired) electrons. The van der Waals surface area contributed by atoms with Crippen LogP contribution in [0.2, 0.25) is 19.6 Å². The molecule has 0 spiro atoms. The zero-order chi connectivity index (χ0) is 35.9.